The van der Waals surface area contributed by atoms with Crippen LogP contribution in [0.5, 0.6) is 0 Å². The van der Waals surface area contributed by atoms with E-state index < -0.39 is 0 Å². The van der Waals surface area contributed by atoms with E-state index in [1.54, 1.807) is 0 Å². The van der Waals surface area contributed by atoms with Gasteiger partial charge < -0.3 is 9.64 Å². The number of carbonyl (C=O) groups excluding carboxylic acids is 2. The molecule has 96 valence electrons. The third kappa shape index (κ3) is 3.58. The number of methoxy groups -OCH3 is 1. The normalized spacial score (nSPS) is 21.6. The maximum atomic E-state index is 11.8. The minimum atomic E-state index is -0.301. The number of likely N-dealkylation sites (tertiary alicyclic amines) is 1. The molecular weight excluding hydrogens is 218 g/mol. The molecule has 1 saturated heterocycles. The van der Waals surface area contributed by atoms with E-state index in [1.807, 2.05) is 24.8 Å². The third-order valence-corrected chi connectivity index (χ3v) is 3.18. The average molecular weight is 239 g/mol. The van der Waals surface area contributed by atoms with Gasteiger partial charge in [-0.05, 0) is 19.3 Å². The van der Waals surface area contributed by atoms with E-state index in [0.717, 1.165) is 19.4 Å². The number of ether oxygens (including phenoxy) is 1. The number of amides is 1. The molecule has 0 aliphatic carbocycles. The van der Waals surface area contributed by atoms with Gasteiger partial charge in [-0.1, -0.05) is 19.9 Å². The van der Waals surface area contributed by atoms with Gasteiger partial charge in [-0.3, -0.25) is 4.79 Å². The first-order valence-corrected chi connectivity index (χ1v) is 6.16. The van der Waals surface area contributed by atoms with Gasteiger partial charge >= 0.3 is 5.97 Å². The Kier molecular flexibility index (Phi) is 5.19. The van der Waals surface area contributed by atoms with Crippen molar-refractivity contribution in [2.24, 2.45) is 5.92 Å². The van der Waals surface area contributed by atoms with E-state index in [4.69, 9.17) is 0 Å². The Labute approximate surface area is 103 Å². The summed E-state index contributed by atoms with van der Waals surface area (Å²) in [5.41, 5.74) is 0.638. The fraction of sp³-hybridized carbons (Fsp3) is 0.692. The molecule has 0 bridgehead atoms. The molecule has 0 radical (unpaired) electrons. The molecule has 0 aromatic carbocycles. The summed E-state index contributed by atoms with van der Waals surface area (Å²) in [6.07, 6.45) is 4.45. The molecule has 1 amide bonds. The summed E-state index contributed by atoms with van der Waals surface area (Å²) in [7, 11) is 1.37. The van der Waals surface area contributed by atoms with Crippen molar-refractivity contribution in [3.8, 4) is 0 Å². The van der Waals surface area contributed by atoms with Crippen molar-refractivity contribution in [1.29, 1.82) is 0 Å². The summed E-state index contributed by atoms with van der Waals surface area (Å²) in [6, 6.07) is 0. The second-order valence-electron chi connectivity index (χ2n) is 4.40. The molecule has 1 fully saturated rings. The van der Waals surface area contributed by atoms with Crippen LogP contribution < -0.4 is 0 Å². The molecule has 1 rings (SSSR count). The van der Waals surface area contributed by atoms with E-state index in [-0.39, 0.29) is 17.8 Å². The predicted molar refractivity (Wildman–Crippen MR) is 65.4 cm³/mol. The van der Waals surface area contributed by atoms with Gasteiger partial charge in [0.2, 0.25) is 5.91 Å². The lowest BCUT2D eigenvalue weighted by Crippen LogP contribution is -2.40. The standard InChI is InChI=1S/C13H21NO3/c1-4-11(13(16)17-3)7-9-14-8-5-6-10(2)12(14)15/h7,10H,4-6,8-9H2,1-3H3. The van der Waals surface area contributed by atoms with Gasteiger partial charge in [0.15, 0.2) is 0 Å². The van der Waals surface area contributed by atoms with Crippen LogP contribution >= 0.6 is 0 Å². The van der Waals surface area contributed by atoms with Gasteiger partial charge in [0.1, 0.15) is 0 Å². The highest BCUT2D eigenvalue weighted by Crippen LogP contribution is 2.17. The number of carbonyl (C=O) groups is 2. The fourth-order valence-corrected chi connectivity index (χ4v) is 2.04. The van der Waals surface area contributed by atoms with Crippen molar-refractivity contribution >= 4 is 11.9 Å². The van der Waals surface area contributed by atoms with E-state index in [0.29, 0.717) is 18.5 Å². The molecule has 4 nitrogen and oxygen atoms in total. The van der Waals surface area contributed by atoms with Gasteiger partial charge in [0.25, 0.3) is 0 Å². The van der Waals surface area contributed by atoms with Crippen LogP contribution in [0.3, 0.4) is 0 Å². The van der Waals surface area contributed by atoms with Crippen molar-refractivity contribution in [2.45, 2.75) is 33.1 Å². The lowest BCUT2D eigenvalue weighted by atomic mass is 9.99. The van der Waals surface area contributed by atoms with Crippen molar-refractivity contribution < 1.29 is 14.3 Å². The Morgan fingerprint density at radius 1 is 1.59 bits per heavy atom. The Morgan fingerprint density at radius 2 is 2.29 bits per heavy atom. The van der Waals surface area contributed by atoms with E-state index in [2.05, 4.69) is 4.74 Å². The molecule has 0 aromatic heterocycles. The van der Waals surface area contributed by atoms with Crippen LogP contribution in [-0.4, -0.2) is 37.0 Å². The van der Waals surface area contributed by atoms with Gasteiger partial charge in [0, 0.05) is 24.6 Å². The van der Waals surface area contributed by atoms with Crippen LogP contribution in [0.15, 0.2) is 11.6 Å². The maximum absolute atomic E-state index is 11.8. The zero-order valence-electron chi connectivity index (χ0n) is 10.9. The average Bonchev–Trinajstić information content (AvgIpc) is 2.34. The lowest BCUT2D eigenvalue weighted by molar-refractivity contribution is -0.138. The largest absolute Gasteiger partial charge is 0.466 e. The molecule has 1 heterocycles. The lowest BCUT2D eigenvalue weighted by Gasteiger charge is -2.29. The number of piperidine rings is 1. The number of hydrogen-bond acceptors (Lipinski definition) is 3. The highest BCUT2D eigenvalue weighted by molar-refractivity contribution is 5.88. The topological polar surface area (TPSA) is 46.6 Å². The molecule has 0 aromatic rings. The van der Waals surface area contributed by atoms with E-state index in [1.165, 1.54) is 7.11 Å². The van der Waals surface area contributed by atoms with Crippen LogP contribution in [0.25, 0.3) is 0 Å². The highest BCUT2D eigenvalue weighted by atomic mass is 16.5. The van der Waals surface area contributed by atoms with Gasteiger partial charge in [-0.15, -0.1) is 0 Å². The molecule has 4 heteroatoms. The smallest absolute Gasteiger partial charge is 0.333 e. The van der Waals surface area contributed by atoms with Crippen molar-refractivity contribution in [1.82, 2.24) is 4.90 Å². The number of rotatable bonds is 4. The molecule has 1 aliphatic heterocycles. The van der Waals surface area contributed by atoms with E-state index in [9.17, 15) is 9.59 Å². The fourth-order valence-electron chi connectivity index (χ4n) is 2.04. The van der Waals surface area contributed by atoms with Gasteiger partial charge in [-0.2, -0.15) is 0 Å². The minimum absolute atomic E-state index is 0.111. The van der Waals surface area contributed by atoms with Crippen molar-refractivity contribution in [2.75, 3.05) is 20.2 Å². The summed E-state index contributed by atoms with van der Waals surface area (Å²) >= 11 is 0. The first-order valence-electron chi connectivity index (χ1n) is 6.16. The quantitative estimate of drug-likeness (QED) is 0.554. The molecular formula is C13H21NO3. The van der Waals surface area contributed by atoms with Crippen molar-refractivity contribution in [3.63, 3.8) is 0 Å². The molecule has 1 aliphatic rings. The van der Waals surface area contributed by atoms with Crippen LogP contribution in [0.2, 0.25) is 0 Å². The molecule has 1 unspecified atom stereocenters. The summed E-state index contributed by atoms with van der Waals surface area (Å²) in [6.45, 7) is 5.17. The molecule has 1 atom stereocenters. The monoisotopic (exact) mass is 239 g/mol. The molecule has 0 saturated carbocycles. The van der Waals surface area contributed by atoms with Crippen molar-refractivity contribution in [3.05, 3.63) is 11.6 Å². The minimum Gasteiger partial charge on any atom is -0.466 e. The SMILES string of the molecule is CCC(=CCN1CCCC(C)C1=O)C(=O)OC. The summed E-state index contributed by atoms with van der Waals surface area (Å²) in [4.78, 5) is 25.0. The van der Waals surface area contributed by atoms with Crippen LogP contribution in [0.1, 0.15) is 33.1 Å². The number of nitrogens with zero attached hydrogens (tertiary/aromatic N) is 1. The number of hydrogen-bond donors (Lipinski definition) is 0. The molecule has 0 spiro atoms. The Morgan fingerprint density at radius 3 is 2.88 bits per heavy atom. The number of esters is 1. The molecule has 17 heavy (non-hydrogen) atoms. The molecule has 0 N–H and O–H groups in total. The van der Waals surface area contributed by atoms with Crippen LogP contribution in [-0.2, 0) is 14.3 Å². The van der Waals surface area contributed by atoms with Crippen LogP contribution in [0, 0.1) is 5.92 Å². The third-order valence-electron chi connectivity index (χ3n) is 3.18. The maximum Gasteiger partial charge on any atom is 0.333 e. The Bertz CT molecular complexity index is 323. The summed E-state index contributed by atoms with van der Waals surface area (Å²) in [5.74, 6) is -0.00169. The van der Waals surface area contributed by atoms with Crippen LogP contribution in [0.4, 0.5) is 0 Å². The first-order chi connectivity index (χ1) is 8.10. The first kappa shape index (κ1) is 13.7. The van der Waals surface area contributed by atoms with E-state index >= 15 is 0 Å². The zero-order chi connectivity index (χ0) is 12.8. The zero-order valence-corrected chi connectivity index (χ0v) is 10.9. The summed E-state index contributed by atoms with van der Waals surface area (Å²) in [5, 5.41) is 0. The highest BCUT2D eigenvalue weighted by Gasteiger charge is 2.24. The van der Waals surface area contributed by atoms with Gasteiger partial charge in [0.05, 0.1) is 7.11 Å². The second-order valence-corrected chi connectivity index (χ2v) is 4.40. The van der Waals surface area contributed by atoms with Gasteiger partial charge in [-0.25, -0.2) is 4.79 Å². The summed E-state index contributed by atoms with van der Waals surface area (Å²) < 4.78 is 4.68. The second kappa shape index (κ2) is 6.42. The Hall–Kier alpha value is -1.32. The predicted octanol–water partition coefficient (Wildman–Crippen LogP) is 1.75. The Balaban J connectivity index is 2.61.